The lowest BCUT2D eigenvalue weighted by Crippen LogP contribution is -2.10. The van der Waals surface area contributed by atoms with Crippen LogP contribution in [0.15, 0.2) is 158 Å². The second kappa shape index (κ2) is 15.0. The third-order valence-corrected chi connectivity index (χ3v) is 15.9. The second-order valence-corrected chi connectivity index (χ2v) is 24.8. The summed E-state index contributed by atoms with van der Waals surface area (Å²) in [7, 11) is 0. The number of pyridine rings is 2. The smallest absolute Gasteiger partial charge is 0.0977 e. The Labute approximate surface area is 422 Å². The zero-order valence-electron chi connectivity index (χ0n) is 43.8. The Morgan fingerprint density at radius 1 is 0.264 bits per heavy atom. The van der Waals surface area contributed by atoms with Crippen molar-refractivity contribution in [3.8, 4) is 44.8 Å². The number of rotatable bonds is 4. The summed E-state index contributed by atoms with van der Waals surface area (Å²) in [4.78, 5) is 11.3. The molecule has 0 fully saturated rings. The molecule has 0 saturated carbocycles. The Balaban J connectivity index is 1.10. The molecule has 0 spiro atoms. The zero-order chi connectivity index (χ0) is 50.0. The van der Waals surface area contributed by atoms with E-state index >= 15 is 0 Å². The average molecular weight is 935 g/mol. The standard InChI is InChI=1S/C68H62N4/c1-65(2,3)45-23-13-39(14-24-45)43-21-31-57-49(33-43)51-36-55(41-17-27-47(28-18-41)67(7,8)9)69-61-53-35-54-60(38-59(53)71(57)63(51)61)72-58-32-22-44(40-15-25-46(26-16-40)66(4,5)6)34-50(58)52-37-56(70-62(54)64(52)72)42-19-29-48(30-20-42)68(10,11)12/h13-38H,1-12H3. The zero-order valence-corrected chi connectivity index (χ0v) is 43.8. The first-order valence-corrected chi connectivity index (χ1v) is 25.8. The van der Waals surface area contributed by atoms with Gasteiger partial charge in [0.1, 0.15) is 0 Å². The molecule has 72 heavy (non-hydrogen) atoms. The first-order valence-electron chi connectivity index (χ1n) is 25.8. The second-order valence-electron chi connectivity index (χ2n) is 24.8. The van der Waals surface area contributed by atoms with E-state index in [1.54, 1.807) is 0 Å². The van der Waals surface area contributed by atoms with Gasteiger partial charge >= 0.3 is 0 Å². The van der Waals surface area contributed by atoms with E-state index in [1.165, 1.54) is 77.1 Å². The third-order valence-electron chi connectivity index (χ3n) is 15.9. The van der Waals surface area contributed by atoms with E-state index in [4.69, 9.17) is 9.97 Å². The van der Waals surface area contributed by atoms with E-state index in [9.17, 15) is 0 Å². The van der Waals surface area contributed by atoms with Gasteiger partial charge in [-0.1, -0.05) is 192 Å². The summed E-state index contributed by atoms with van der Waals surface area (Å²) in [5.41, 5.74) is 23.6. The number of hydrogen-bond acceptors (Lipinski definition) is 2. The van der Waals surface area contributed by atoms with Crippen molar-refractivity contribution in [2.45, 2.75) is 105 Å². The first-order chi connectivity index (χ1) is 34.2. The van der Waals surface area contributed by atoms with Crippen LogP contribution in [0, 0.1) is 0 Å². The molecule has 13 rings (SSSR count). The van der Waals surface area contributed by atoms with Gasteiger partial charge in [0, 0.05) is 43.4 Å². The molecule has 0 unspecified atom stereocenters. The molecule has 6 heterocycles. The van der Waals surface area contributed by atoms with E-state index in [1.807, 2.05) is 0 Å². The average Bonchev–Trinajstić information content (AvgIpc) is 4.07. The van der Waals surface area contributed by atoms with Gasteiger partial charge in [-0.2, -0.15) is 0 Å². The molecule has 0 aliphatic carbocycles. The van der Waals surface area contributed by atoms with Crippen LogP contribution in [0.4, 0.5) is 0 Å². The fourth-order valence-electron chi connectivity index (χ4n) is 11.5. The van der Waals surface area contributed by atoms with Crippen molar-refractivity contribution in [3.63, 3.8) is 0 Å². The summed E-state index contributed by atoms with van der Waals surface area (Å²) in [5.74, 6) is 0. The number of hydrogen-bond donors (Lipinski definition) is 0. The summed E-state index contributed by atoms with van der Waals surface area (Å²) < 4.78 is 4.98. The van der Waals surface area contributed by atoms with Gasteiger partial charge in [-0.15, -0.1) is 0 Å². The highest BCUT2D eigenvalue weighted by molar-refractivity contribution is 6.28. The molecule has 354 valence electrons. The van der Waals surface area contributed by atoms with Crippen molar-refractivity contribution in [2.75, 3.05) is 0 Å². The number of fused-ring (bicyclic) bond motifs is 12. The highest BCUT2D eigenvalue weighted by Crippen LogP contribution is 2.47. The van der Waals surface area contributed by atoms with Crippen molar-refractivity contribution >= 4 is 76.5 Å². The van der Waals surface area contributed by atoms with Crippen molar-refractivity contribution in [2.24, 2.45) is 0 Å². The van der Waals surface area contributed by atoms with Crippen LogP contribution in [-0.4, -0.2) is 18.8 Å². The number of benzene rings is 7. The summed E-state index contributed by atoms with van der Waals surface area (Å²) in [6, 6.07) is 60.0. The maximum atomic E-state index is 5.65. The van der Waals surface area contributed by atoms with Crippen molar-refractivity contribution in [3.05, 3.63) is 180 Å². The molecule has 0 aliphatic rings. The lowest BCUT2D eigenvalue weighted by atomic mass is 9.86. The summed E-state index contributed by atoms with van der Waals surface area (Å²) >= 11 is 0. The maximum absolute atomic E-state index is 5.65. The fourth-order valence-corrected chi connectivity index (χ4v) is 11.5. The number of nitrogens with zero attached hydrogens (tertiary/aromatic N) is 4. The van der Waals surface area contributed by atoms with Gasteiger partial charge in [0.15, 0.2) is 0 Å². The van der Waals surface area contributed by atoms with Gasteiger partial charge in [-0.25, -0.2) is 9.97 Å². The Bertz CT molecular complexity index is 4010. The molecule has 0 amide bonds. The summed E-state index contributed by atoms with van der Waals surface area (Å²) in [6.07, 6.45) is 0. The van der Waals surface area contributed by atoms with E-state index in [-0.39, 0.29) is 21.7 Å². The molecule has 0 radical (unpaired) electrons. The van der Waals surface area contributed by atoms with Crippen LogP contribution in [0.1, 0.15) is 105 Å². The molecule has 4 nitrogen and oxygen atoms in total. The predicted molar refractivity (Wildman–Crippen MR) is 308 cm³/mol. The lowest BCUT2D eigenvalue weighted by Gasteiger charge is -2.19. The Hall–Kier alpha value is -7.56. The fraction of sp³-hybridized carbons (Fsp3) is 0.235. The molecule has 0 N–H and O–H groups in total. The van der Waals surface area contributed by atoms with Crippen molar-refractivity contribution < 1.29 is 0 Å². The molecule has 6 aromatic heterocycles. The first kappa shape index (κ1) is 44.4. The van der Waals surface area contributed by atoms with Crippen molar-refractivity contribution in [1.29, 1.82) is 0 Å². The maximum Gasteiger partial charge on any atom is 0.0977 e. The monoisotopic (exact) mass is 934 g/mol. The van der Waals surface area contributed by atoms with Gasteiger partial charge < -0.3 is 8.80 Å². The summed E-state index contributed by atoms with van der Waals surface area (Å²) in [5, 5.41) is 7.16. The Kier molecular flexibility index (Phi) is 9.24. The summed E-state index contributed by atoms with van der Waals surface area (Å²) in [6.45, 7) is 27.3. The van der Waals surface area contributed by atoms with Gasteiger partial charge in [0.05, 0.1) is 55.5 Å². The largest absolute Gasteiger partial charge is 0.306 e. The molecule has 13 aromatic rings. The lowest BCUT2D eigenvalue weighted by molar-refractivity contribution is 0.590. The Morgan fingerprint density at radius 2 is 0.569 bits per heavy atom. The van der Waals surface area contributed by atoms with E-state index < -0.39 is 0 Å². The Morgan fingerprint density at radius 3 is 0.889 bits per heavy atom. The van der Waals surface area contributed by atoms with Crippen LogP contribution >= 0.6 is 0 Å². The minimum Gasteiger partial charge on any atom is -0.306 e. The van der Waals surface area contributed by atoms with Crippen LogP contribution in [0.3, 0.4) is 0 Å². The normalized spacial score (nSPS) is 13.3. The molecule has 0 aliphatic heterocycles. The highest BCUT2D eigenvalue weighted by atomic mass is 15.0. The van der Waals surface area contributed by atoms with Crippen LogP contribution < -0.4 is 0 Å². The van der Waals surface area contributed by atoms with Crippen molar-refractivity contribution in [1.82, 2.24) is 18.8 Å². The minimum atomic E-state index is 0.0514. The molecule has 0 bridgehead atoms. The van der Waals surface area contributed by atoms with E-state index in [0.717, 1.165) is 66.4 Å². The topological polar surface area (TPSA) is 34.6 Å². The predicted octanol–water partition coefficient (Wildman–Crippen LogP) is 18.6. The van der Waals surface area contributed by atoms with E-state index in [0.29, 0.717) is 0 Å². The molecule has 4 heteroatoms. The van der Waals surface area contributed by atoms with Gasteiger partial charge in [0.25, 0.3) is 0 Å². The third kappa shape index (κ3) is 6.78. The minimum absolute atomic E-state index is 0.0514. The highest BCUT2D eigenvalue weighted by Gasteiger charge is 2.27. The van der Waals surface area contributed by atoms with Crippen LogP contribution in [-0.2, 0) is 21.7 Å². The van der Waals surface area contributed by atoms with Gasteiger partial charge in [-0.3, -0.25) is 0 Å². The van der Waals surface area contributed by atoms with Crippen LogP contribution in [0.2, 0.25) is 0 Å². The molecule has 7 aromatic carbocycles. The molecule has 0 atom stereocenters. The van der Waals surface area contributed by atoms with E-state index in [2.05, 4.69) is 250 Å². The van der Waals surface area contributed by atoms with Gasteiger partial charge in [0.2, 0.25) is 0 Å². The molecule has 0 saturated heterocycles. The van der Waals surface area contributed by atoms with Crippen LogP contribution in [0.5, 0.6) is 0 Å². The van der Waals surface area contributed by atoms with Crippen LogP contribution in [0.25, 0.3) is 121 Å². The quantitative estimate of drug-likeness (QED) is 0.176. The number of aromatic nitrogens is 4. The molecular formula is C68H62N4. The molecular weight excluding hydrogens is 873 g/mol. The van der Waals surface area contributed by atoms with Gasteiger partial charge in [-0.05, 0) is 115 Å². The SMILES string of the molecule is CC(C)(C)c1ccc(-c2ccc3c(c2)c2cc(-c4ccc(C(C)(C)C)cc4)nc4c5cc6c7nc(-c8ccc(C(C)(C)C)cc8)cc8c9cc(-c%10ccc(C(C)(C)C)cc%10)ccc9n(c6cc5n3c24)c87)cc1.